The van der Waals surface area contributed by atoms with Gasteiger partial charge in [0.05, 0.1) is 11.8 Å². The minimum absolute atomic E-state index is 0.109. The summed E-state index contributed by atoms with van der Waals surface area (Å²) in [6.07, 6.45) is 2.26. The molecule has 88 valence electrons. The summed E-state index contributed by atoms with van der Waals surface area (Å²) in [5.74, 6) is -0.109. The van der Waals surface area contributed by atoms with Crippen molar-refractivity contribution in [1.82, 2.24) is 10.3 Å². The second-order valence-electron chi connectivity index (χ2n) is 3.81. The van der Waals surface area contributed by atoms with Gasteiger partial charge in [-0.25, -0.2) is 4.98 Å². The molecular weight excluding hydrogens is 226 g/mol. The standard InChI is InChI=1S/C10H15N3O2S/c1-6-8(16-10(11)13-6)9(14)12-5-7-3-2-4-15-7/h7H,2-5H2,1H3,(H2,11,13)(H,12,14). The number of ether oxygens (including phenoxy) is 1. The largest absolute Gasteiger partial charge is 0.376 e. The van der Waals surface area contributed by atoms with Gasteiger partial charge >= 0.3 is 0 Å². The topological polar surface area (TPSA) is 77.2 Å². The first kappa shape index (κ1) is 11.3. The monoisotopic (exact) mass is 241 g/mol. The molecule has 6 heteroatoms. The highest BCUT2D eigenvalue weighted by Gasteiger charge is 2.18. The Bertz CT molecular complexity index is 385. The number of amides is 1. The van der Waals surface area contributed by atoms with Crippen LogP contribution in [0, 0.1) is 6.92 Å². The molecule has 5 nitrogen and oxygen atoms in total. The van der Waals surface area contributed by atoms with E-state index >= 15 is 0 Å². The molecule has 1 aromatic rings. The van der Waals surface area contributed by atoms with Gasteiger partial charge in [0.15, 0.2) is 5.13 Å². The zero-order valence-electron chi connectivity index (χ0n) is 9.16. The summed E-state index contributed by atoms with van der Waals surface area (Å²) in [6, 6.07) is 0. The molecule has 0 spiro atoms. The first-order chi connectivity index (χ1) is 7.66. The van der Waals surface area contributed by atoms with Gasteiger partial charge in [0, 0.05) is 13.2 Å². The quantitative estimate of drug-likeness (QED) is 0.825. The maximum absolute atomic E-state index is 11.8. The highest BCUT2D eigenvalue weighted by molar-refractivity contribution is 7.17. The number of thiazole rings is 1. The molecule has 2 heterocycles. The van der Waals surface area contributed by atoms with Gasteiger partial charge in [0.2, 0.25) is 0 Å². The lowest BCUT2D eigenvalue weighted by molar-refractivity contribution is 0.0860. The molecule has 1 aromatic heterocycles. The molecule has 0 bridgehead atoms. The van der Waals surface area contributed by atoms with Crippen molar-refractivity contribution in [1.29, 1.82) is 0 Å². The van der Waals surface area contributed by atoms with Crippen LogP contribution in [0.25, 0.3) is 0 Å². The number of aromatic nitrogens is 1. The average Bonchev–Trinajstić information content (AvgIpc) is 2.84. The second-order valence-corrected chi connectivity index (χ2v) is 4.84. The highest BCUT2D eigenvalue weighted by atomic mass is 32.1. The van der Waals surface area contributed by atoms with E-state index in [1.807, 2.05) is 0 Å². The van der Waals surface area contributed by atoms with Crippen LogP contribution in [0.15, 0.2) is 0 Å². The number of hydrogen-bond donors (Lipinski definition) is 2. The predicted molar refractivity (Wildman–Crippen MR) is 62.6 cm³/mol. The van der Waals surface area contributed by atoms with Crippen LogP contribution in [0.4, 0.5) is 5.13 Å². The summed E-state index contributed by atoms with van der Waals surface area (Å²) in [4.78, 5) is 16.4. The van der Waals surface area contributed by atoms with E-state index in [9.17, 15) is 4.79 Å². The van der Waals surface area contributed by atoms with Crippen LogP contribution in [0.1, 0.15) is 28.2 Å². The van der Waals surface area contributed by atoms with Gasteiger partial charge in [-0.05, 0) is 19.8 Å². The lowest BCUT2D eigenvalue weighted by atomic mass is 10.2. The fraction of sp³-hybridized carbons (Fsp3) is 0.600. The Morgan fingerprint density at radius 1 is 1.75 bits per heavy atom. The van der Waals surface area contributed by atoms with E-state index in [1.54, 1.807) is 6.92 Å². The molecule has 0 saturated carbocycles. The second kappa shape index (κ2) is 4.80. The molecule has 0 aromatic carbocycles. The van der Waals surface area contributed by atoms with E-state index in [2.05, 4.69) is 10.3 Å². The maximum atomic E-state index is 11.8. The van der Waals surface area contributed by atoms with Crippen LogP contribution < -0.4 is 11.1 Å². The van der Waals surface area contributed by atoms with Crippen molar-refractivity contribution in [2.45, 2.75) is 25.9 Å². The predicted octanol–water partition coefficient (Wildman–Crippen LogP) is 0.943. The van der Waals surface area contributed by atoms with Crippen LogP contribution in [-0.2, 0) is 4.74 Å². The first-order valence-electron chi connectivity index (χ1n) is 5.29. The number of anilines is 1. The van der Waals surface area contributed by atoms with E-state index in [0.717, 1.165) is 19.4 Å². The molecule has 1 fully saturated rings. The zero-order valence-corrected chi connectivity index (χ0v) is 9.97. The minimum Gasteiger partial charge on any atom is -0.376 e. The Kier molecular flexibility index (Phi) is 3.40. The van der Waals surface area contributed by atoms with Crippen LogP contribution in [-0.4, -0.2) is 30.1 Å². The molecule has 1 unspecified atom stereocenters. The van der Waals surface area contributed by atoms with Crippen LogP contribution >= 0.6 is 11.3 Å². The SMILES string of the molecule is Cc1nc(N)sc1C(=O)NCC1CCCO1. The normalized spacial score (nSPS) is 19.9. The number of aryl methyl sites for hydroxylation is 1. The number of nitrogen functional groups attached to an aromatic ring is 1. The lowest BCUT2D eigenvalue weighted by Crippen LogP contribution is -2.31. The van der Waals surface area contributed by atoms with Crippen LogP contribution in [0.3, 0.4) is 0 Å². The molecule has 2 rings (SSSR count). The molecule has 1 aliphatic rings. The third-order valence-electron chi connectivity index (χ3n) is 2.53. The fourth-order valence-electron chi connectivity index (χ4n) is 1.72. The van der Waals surface area contributed by atoms with Crippen LogP contribution in [0.2, 0.25) is 0 Å². The van der Waals surface area contributed by atoms with Crippen molar-refractivity contribution in [2.75, 3.05) is 18.9 Å². The molecule has 1 atom stereocenters. The average molecular weight is 241 g/mol. The molecule has 3 N–H and O–H groups in total. The van der Waals surface area contributed by atoms with Crippen molar-refractivity contribution in [3.8, 4) is 0 Å². The third-order valence-corrected chi connectivity index (χ3v) is 3.52. The third kappa shape index (κ3) is 2.51. The first-order valence-corrected chi connectivity index (χ1v) is 6.11. The summed E-state index contributed by atoms with van der Waals surface area (Å²) in [7, 11) is 0. The van der Waals surface area contributed by atoms with Crippen LogP contribution in [0.5, 0.6) is 0 Å². The fourth-order valence-corrected chi connectivity index (χ4v) is 2.47. The number of nitrogens with one attached hydrogen (secondary N) is 1. The molecule has 1 saturated heterocycles. The van der Waals surface area contributed by atoms with Crippen molar-refractivity contribution in [3.05, 3.63) is 10.6 Å². The number of nitrogens with zero attached hydrogens (tertiary/aromatic N) is 1. The van der Waals surface area contributed by atoms with Crippen molar-refractivity contribution in [3.63, 3.8) is 0 Å². The van der Waals surface area contributed by atoms with E-state index < -0.39 is 0 Å². The smallest absolute Gasteiger partial charge is 0.263 e. The van der Waals surface area contributed by atoms with Gasteiger partial charge < -0.3 is 15.8 Å². The Balaban J connectivity index is 1.90. The number of hydrogen-bond acceptors (Lipinski definition) is 5. The van der Waals surface area contributed by atoms with Gasteiger partial charge in [-0.3, -0.25) is 4.79 Å². The molecule has 1 aliphatic heterocycles. The molecule has 0 aliphatic carbocycles. The molecule has 16 heavy (non-hydrogen) atoms. The van der Waals surface area contributed by atoms with E-state index in [4.69, 9.17) is 10.5 Å². The van der Waals surface area contributed by atoms with Gasteiger partial charge in [-0.1, -0.05) is 11.3 Å². The van der Waals surface area contributed by atoms with Gasteiger partial charge in [-0.2, -0.15) is 0 Å². The summed E-state index contributed by atoms with van der Waals surface area (Å²) >= 11 is 1.22. The van der Waals surface area contributed by atoms with Crippen molar-refractivity contribution < 1.29 is 9.53 Å². The summed E-state index contributed by atoms with van der Waals surface area (Å²) < 4.78 is 5.42. The minimum atomic E-state index is -0.109. The highest BCUT2D eigenvalue weighted by Crippen LogP contribution is 2.19. The van der Waals surface area contributed by atoms with Gasteiger partial charge in [0.25, 0.3) is 5.91 Å². The van der Waals surface area contributed by atoms with E-state index in [1.165, 1.54) is 11.3 Å². The van der Waals surface area contributed by atoms with Crippen molar-refractivity contribution in [2.24, 2.45) is 0 Å². The zero-order chi connectivity index (χ0) is 11.5. The Morgan fingerprint density at radius 3 is 3.12 bits per heavy atom. The number of carbonyl (C=O) groups is 1. The maximum Gasteiger partial charge on any atom is 0.263 e. The summed E-state index contributed by atoms with van der Waals surface area (Å²) in [6.45, 7) is 3.15. The molecule has 0 radical (unpaired) electrons. The lowest BCUT2D eigenvalue weighted by Gasteiger charge is -2.09. The number of rotatable bonds is 3. The number of nitrogens with two attached hydrogens (primary N) is 1. The summed E-state index contributed by atoms with van der Waals surface area (Å²) in [5.41, 5.74) is 6.23. The molecule has 1 amide bonds. The van der Waals surface area contributed by atoms with Gasteiger partial charge in [0.1, 0.15) is 4.88 Å². The van der Waals surface area contributed by atoms with Gasteiger partial charge in [-0.15, -0.1) is 0 Å². The Labute approximate surface area is 98.0 Å². The molecular formula is C10H15N3O2S. The number of carbonyl (C=O) groups excluding carboxylic acids is 1. The Morgan fingerprint density at radius 2 is 2.56 bits per heavy atom. The Hall–Kier alpha value is -1.14. The van der Waals surface area contributed by atoms with Crippen molar-refractivity contribution >= 4 is 22.4 Å². The summed E-state index contributed by atoms with van der Waals surface area (Å²) in [5, 5.41) is 3.28. The van der Waals surface area contributed by atoms with E-state index in [-0.39, 0.29) is 12.0 Å². The van der Waals surface area contributed by atoms with E-state index in [0.29, 0.717) is 22.2 Å².